The quantitative estimate of drug-likeness (QED) is 0.166. The van der Waals surface area contributed by atoms with Crippen molar-refractivity contribution in [2.75, 3.05) is 9.80 Å². The Morgan fingerprint density at radius 2 is 1.05 bits per heavy atom. The van der Waals surface area contributed by atoms with E-state index in [4.69, 9.17) is 4.42 Å². The molecule has 0 N–H and O–H groups in total. The van der Waals surface area contributed by atoms with Gasteiger partial charge in [0.05, 0.1) is 16.6 Å². The van der Waals surface area contributed by atoms with Crippen molar-refractivity contribution in [1.29, 1.82) is 0 Å². The summed E-state index contributed by atoms with van der Waals surface area (Å²) in [4.78, 5) is 4.96. The largest absolute Gasteiger partial charge is 0.456 e. The fourth-order valence-corrected chi connectivity index (χ4v) is 10.3. The molecule has 2 aliphatic rings. The third-order valence-electron chi connectivity index (χ3n) is 13.3. The Bertz CT molecular complexity index is 3320. The first kappa shape index (κ1) is 35.9. The Balaban J connectivity index is 1.24. The van der Waals surface area contributed by atoms with Gasteiger partial charge < -0.3 is 18.8 Å². The van der Waals surface area contributed by atoms with Crippen LogP contribution in [0.2, 0.25) is 0 Å². The molecule has 0 atom stereocenters. The molecule has 2 aliphatic heterocycles. The van der Waals surface area contributed by atoms with Crippen LogP contribution in [-0.4, -0.2) is 11.3 Å². The Labute approximate surface area is 357 Å². The molecule has 0 bridgehead atoms. The van der Waals surface area contributed by atoms with Crippen molar-refractivity contribution in [3.63, 3.8) is 0 Å². The smallest absolute Gasteiger partial charge is 0.252 e. The second-order valence-electron chi connectivity index (χ2n) is 19.0. The van der Waals surface area contributed by atoms with Gasteiger partial charge in [0.2, 0.25) is 0 Å². The second-order valence-corrected chi connectivity index (χ2v) is 19.0. The number of nitrogens with zero attached hydrogens (tertiary/aromatic N) is 3. The van der Waals surface area contributed by atoms with Crippen LogP contribution in [-0.2, 0) is 10.8 Å². The summed E-state index contributed by atoms with van der Waals surface area (Å²) in [5.41, 5.74) is 18.9. The summed E-state index contributed by atoms with van der Waals surface area (Å²) in [5, 5.41) is 4.77. The van der Waals surface area contributed by atoms with Crippen molar-refractivity contribution in [2.24, 2.45) is 0 Å². The maximum Gasteiger partial charge on any atom is 0.252 e. The molecule has 0 radical (unpaired) electrons. The first-order valence-electron chi connectivity index (χ1n) is 21.6. The van der Waals surface area contributed by atoms with Crippen LogP contribution in [0.4, 0.5) is 34.1 Å². The Morgan fingerprint density at radius 1 is 0.459 bits per heavy atom. The minimum absolute atomic E-state index is 0.0258. The fraction of sp³-hybridized carbons (Fsp3) is 0.143. The highest BCUT2D eigenvalue weighted by atomic mass is 16.3. The van der Waals surface area contributed by atoms with Crippen LogP contribution in [0, 0.1) is 0 Å². The van der Waals surface area contributed by atoms with Gasteiger partial charge in [0.1, 0.15) is 11.2 Å². The molecule has 0 amide bonds. The van der Waals surface area contributed by atoms with Gasteiger partial charge in [-0.2, -0.15) is 0 Å². The lowest BCUT2D eigenvalue weighted by atomic mass is 9.34. The number of fused-ring (bicyclic) bond motifs is 11. The summed E-state index contributed by atoms with van der Waals surface area (Å²) in [6.45, 7) is 13.7. The minimum Gasteiger partial charge on any atom is -0.456 e. The number of para-hydroxylation sites is 4. The average molecular weight is 788 g/mol. The van der Waals surface area contributed by atoms with Gasteiger partial charge in [0.15, 0.2) is 0 Å². The van der Waals surface area contributed by atoms with Crippen LogP contribution < -0.4 is 26.2 Å². The molecule has 0 unspecified atom stereocenters. The summed E-state index contributed by atoms with van der Waals surface area (Å²) < 4.78 is 9.19. The van der Waals surface area contributed by atoms with E-state index in [0.717, 1.165) is 44.7 Å². The van der Waals surface area contributed by atoms with E-state index in [1.807, 2.05) is 0 Å². The van der Waals surface area contributed by atoms with E-state index in [1.54, 1.807) is 0 Å². The van der Waals surface area contributed by atoms with Crippen molar-refractivity contribution < 1.29 is 4.42 Å². The van der Waals surface area contributed by atoms with Crippen molar-refractivity contribution in [3.8, 4) is 5.69 Å². The maximum absolute atomic E-state index is 6.61. The molecule has 0 saturated carbocycles. The predicted molar refractivity (Wildman–Crippen MR) is 259 cm³/mol. The van der Waals surface area contributed by atoms with Gasteiger partial charge in [0, 0.05) is 55.8 Å². The first-order valence-corrected chi connectivity index (χ1v) is 21.6. The maximum atomic E-state index is 6.61. The number of benzene rings is 8. The average Bonchev–Trinajstić information content (AvgIpc) is 3.82. The summed E-state index contributed by atoms with van der Waals surface area (Å²) in [6, 6.07) is 63.1. The van der Waals surface area contributed by atoms with Crippen LogP contribution in [0.25, 0.3) is 49.4 Å². The Hall–Kier alpha value is -6.98. The molecule has 0 spiro atoms. The van der Waals surface area contributed by atoms with E-state index >= 15 is 0 Å². The fourth-order valence-electron chi connectivity index (χ4n) is 10.3. The lowest BCUT2D eigenvalue weighted by Gasteiger charge is -2.41. The third kappa shape index (κ3) is 5.26. The van der Waals surface area contributed by atoms with E-state index in [1.165, 1.54) is 66.4 Å². The van der Waals surface area contributed by atoms with Gasteiger partial charge >= 0.3 is 0 Å². The number of furan rings is 1. The SMILES string of the molecule is CC(C)(C)c1ccc(N(c2ccc(C(C)(C)C)cc2)c2cc3c4c(c2)-n2c5c(cccc5c5ccc6oc7ccccc7c6c52)B4c2ccccc2N3c2ccccc2)cc1. The molecular formula is C56H46BN3O. The predicted octanol–water partition coefficient (Wildman–Crippen LogP) is 13.4. The lowest BCUT2D eigenvalue weighted by molar-refractivity contribution is 0.590. The third-order valence-corrected chi connectivity index (χ3v) is 13.3. The van der Waals surface area contributed by atoms with E-state index in [-0.39, 0.29) is 17.5 Å². The zero-order valence-electron chi connectivity index (χ0n) is 35.5. The van der Waals surface area contributed by atoms with Gasteiger partial charge in [-0.05, 0) is 111 Å². The molecule has 12 rings (SSSR count). The first-order chi connectivity index (χ1) is 29.5. The monoisotopic (exact) mass is 787 g/mol. The minimum atomic E-state index is 0.0258. The van der Waals surface area contributed by atoms with Gasteiger partial charge in [-0.25, -0.2) is 0 Å². The molecule has 0 aliphatic carbocycles. The highest BCUT2D eigenvalue weighted by Crippen LogP contribution is 2.47. The normalized spacial score (nSPS) is 13.3. The van der Waals surface area contributed by atoms with Crippen LogP contribution in [0.1, 0.15) is 52.7 Å². The van der Waals surface area contributed by atoms with Crippen molar-refractivity contribution in [2.45, 2.75) is 52.4 Å². The van der Waals surface area contributed by atoms with E-state index in [2.05, 4.69) is 226 Å². The molecule has 294 valence electrons. The molecule has 10 aromatic rings. The van der Waals surface area contributed by atoms with Crippen LogP contribution in [0.3, 0.4) is 0 Å². The lowest BCUT2D eigenvalue weighted by Crippen LogP contribution is -2.60. The zero-order chi connectivity index (χ0) is 41.4. The van der Waals surface area contributed by atoms with Crippen molar-refractivity contribution >= 4 is 101 Å². The highest BCUT2D eigenvalue weighted by molar-refractivity contribution is 7.00. The molecule has 4 heterocycles. The molecule has 61 heavy (non-hydrogen) atoms. The van der Waals surface area contributed by atoms with Crippen molar-refractivity contribution in [3.05, 3.63) is 181 Å². The van der Waals surface area contributed by atoms with Crippen molar-refractivity contribution in [1.82, 2.24) is 4.57 Å². The van der Waals surface area contributed by atoms with Gasteiger partial charge in [0.25, 0.3) is 6.71 Å². The summed E-state index contributed by atoms with van der Waals surface area (Å²) in [5.74, 6) is 0. The van der Waals surface area contributed by atoms with E-state index in [9.17, 15) is 0 Å². The van der Waals surface area contributed by atoms with Crippen LogP contribution >= 0.6 is 0 Å². The van der Waals surface area contributed by atoms with Gasteiger partial charge in [-0.15, -0.1) is 0 Å². The van der Waals surface area contributed by atoms with Crippen LogP contribution in [0.5, 0.6) is 0 Å². The number of hydrogen-bond acceptors (Lipinski definition) is 3. The van der Waals surface area contributed by atoms with Crippen LogP contribution in [0.15, 0.2) is 174 Å². The van der Waals surface area contributed by atoms with Gasteiger partial charge in [-0.1, -0.05) is 139 Å². The zero-order valence-corrected chi connectivity index (χ0v) is 35.5. The number of aromatic nitrogens is 1. The van der Waals surface area contributed by atoms with E-state index in [0.29, 0.717) is 0 Å². The summed E-state index contributed by atoms with van der Waals surface area (Å²) in [6.07, 6.45) is 0. The molecule has 5 heteroatoms. The highest BCUT2D eigenvalue weighted by Gasteiger charge is 2.43. The van der Waals surface area contributed by atoms with E-state index < -0.39 is 0 Å². The Kier molecular flexibility index (Phi) is 7.52. The number of rotatable bonds is 4. The number of hydrogen-bond donors (Lipinski definition) is 0. The summed E-state index contributed by atoms with van der Waals surface area (Å²) >= 11 is 0. The molecule has 0 fully saturated rings. The Morgan fingerprint density at radius 3 is 1.75 bits per heavy atom. The van der Waals surface area contributed by atoms with Gasteiger partial charge in [-0.3, -0.25) is 0 Å². The standard InChI is InChI=1S/C56H46BN3O/c1-55(2,3)35-23-27-38(28-24-35)58(39-29-25-36(26-30-39)56(4,5)6)40-33-47-52-48(34-40)60-53-41(42-31-32-50-51(54(42)60)43-17-10-13-22-49(43)61-50)18-14-20-45(53)57(52)44-19-11-12-21-46(44)59(47)37-15-8-7-9-16-37/h7-34H,1-6H3. The summed E-state index contributed by atoms with van der Waals surface area (Å²) in [7, 11) is 0. The number of anilines is 6. The molecule has 2 aromatic heterocycles. The molecule has 0 saturated heterocycles. The molecule has 4 nitrogen and oxygen atoms in total. The second kappa shape index (κ2) is 12.8. The molecular weight excluding hydrogens is 741 g/mol. The molecule has 8 aromatic carbocycles. The topological polar surface area (TPSA) is 24.6 Å².